The van der Waals surface area contributed by atoms with Gasteiger partial charge in [0.25, 0.3) is 0 Å². The molecule has 2 aromatic rings. The molecule has 22 heavy (non-hydrogen) atoms. The second-order valence-corrected chi connectivity index (χ2v) is 5.73. The van der Waals surface area contributed by atoms with Crippen molar-refractivity contribution in [3.8, 4) is 0 Å². The number of halogens is 3. The van der Waals surface area contributed by atoms with Gasteiger partial charge in [-0.2, -0.15) is 13.2 Å². The minimum Gasteiger partial charge on any atom is -0.300 e. The number of aromatic nitrogens is 2. The number of amides is 1. The van der Waals surface area contributed by atoms with Crippen LogP contribution in [0, 0.1) is 0 Å². The van der Waals surface area contributed by atoms with Crippen LogP contribution in [0.4, 0.5) is 18.3 Å². The highest BCUT2D eigenvalue weighted by molar-refractivity contribution is 7.15. The second-order valence-electron chi connectivity index (χ2n) is 4.67. The summed E-state index contributed by atoms with van der Waals surface area (Å²) in [7, 11) is 0. The van der Waals surface area contributed by atoms with Gasteiger partial charge in [0.15, 0.2) is 0 Å². The Morgan fingerprint density at radius 3 is 2.50 bits per heavy atom. The fraction of sp³-hybridized carbons (Fsp3) is 0.357. The lowest BCUT2D eigenvalue weighted by molar-refractivity contribution is -0.137. The average Bonchev–Trinajstić information content (AvgIpc) is 2.86. The molecule has 1 aromatic heterocycles. The third-order valence-electron chi connectivity index (χ3n) is 2.82. The van der Waals surface area contributed by atoms with Crippen molar-refractivity contribution in [2.75, 3.05) is 5.32 Å². The van der Waals surface area contributed by atoms with Gasteiger partial charge in [0.05, 0.1) is 12.0 Å². The molecule has 1 heterocycles. The molecule has 0 saturated carbocycles. The zero-order valence-corrected chi connectivity index (χ0v) is 12.6. The fourth-order valence-corrected chi connectivity index (χ4v) is 2.64. The maximum Gasteiger partial charge on any atom is 0.416 e. The van der Waals surface area contributed by atoms with Crippen LogP contribution in [0.3, 0.4) is 0 Å². The number of carbonyl (C=O) groups is 1. The maximum absolute atomic E-state index is 12.4. The summed E-state index contributed by atoms with van der Waals surface area (Å²) in [5.74, 6) is -0.334. The van der Waals surface area contributed by atoms with Gasteiger partial charge in [0.2, 0.25) is 11.0 Å². The van der Waals surface area contributed by atoms with E-state index in [0.717, 1.165) is 30.0 Å². The van der Waals surface area contributed by atoms with Gasteiger partial charge in [-0.05, 0) is 24.1 Å². The molecule has 0 saturated heterocycles. The summed E-state index contributed by atoms with van der Waals surface area (Å²) >= 11 is 1.30. The molecule has 1 aromatic carbocycles. The van der Waals surface area contributed by atoms with Crippen LogP contribution in [0.2, 0.25) is 0 Å². The molecule has 118 valence electrons. The first-order valence-corrected chi connectivity index (χ1v) is 7.48. The molecule has 0 bridgehead atoms. The first kappa shape index (κ1) is 16.4. The van der Waals surface area contributed by atoms with E-state index < -0.39 is 11.7 Å². The molecule has 0 aliphatic rings. The van der Waals surface area contributed by atoms with E-state index in [-0.39, 0.29) is 12.3 Å². The number of nitrogens with zero attached hydrogens (tertiary/aromatic N) is 2. The summed E-state index contributed by atoms with van der Waals surface area (Å²) in [5.41, 5.74) is -0.228. The SMILES string of the molecule is CCCc1nnc(NC(=O)Cc2ccc(C(F)(F)F)cc2)s1. The topological polar surface area (TPSA) is 54.9 Å². The van der Waals surface area contributed by atoms with Gasteiger partial charge >= 0.3 is 6.18 Å². The highest BCUT2D eigenvalue weighted by Crippen LogP contribution is 2.29. The van der Waals surface area contributed by atoms with Crippen molar-refractivity contribution >= 4 is 22.4 Å². The summed E-state index contributed by atoms with van der Waals surface area (Å²) < 4.78 is 37.3. The number of benzene rings is 1. The standard InChI is InChI=1S/C14H14F3N3OS/c1-2-3-12-19-20-13(22-12)18-11(21)8-9-4-6-10(7-5-9)14(15,16)17/h4-7H,2-3,8H2,1H3,(H,18,20,21). The van der Waals surface area contributed by atoms with E-state index in [1.807, 2.05) is 6.92 Å². The van der Waals surface area contributed by atoms with E-state index in [2.05, 4.69) is 15.5 Å². The van der Waals surface area contributed by atoms with Crippen molar-refractivity contribution < 1.29 is 18.0 Å². The number of carbonyl (C=O) groups excluding carboxylic acids is 1. The number of anilines is 1. The Labute approximate surface area is 129 Å². The fourth-order valence-electron chi connectivity index (χ4n) is 1.78. The lowest BCUT2D eigenvalue weighted by Crippen LogP contribution is -2.14. The number of rotatable bonds is 5. The third kappa shape index (κ3) is 4.52. The Morgan fingerprint density at radius 1 is 1.23 bits per heavy atom. The van der Waals surface area contributed by atoms with Crippen LogP contribution >= 0.6 is 11.3 Å². The Balaban J connectivity index is 1.93. The van der Waals surface area contributed by atoms with Crippen molar-refractivity contribution in [1.82, 2.24) is 10.2 Å². The summed E-state index contributed by atoms with van der Waals surface area (Å²) in [6.07, 6.45) is -2.65. The van der Waals surface area contributed by atoms with Gasteiger partial charge < -0.3 is 5.32 Å². The Hall–Kier alpha value is -1.96. The summed E-state index contributed by atoms with van der Waals surface area (Å²) in [4.78, 5) is 11.8. The first-order valence-electron chi connectivity index (χ1n) is 6.67. The number of alkyl halides is 3. The Kier molecular flexibility index (Phi) is 5.12. The third-order valence-corrected chi connectivity index (χ3v) is 3.72. The Bertz CT molecular complexity index is 638. The predicted molar refractivity (Wildman–Crippen MR) is 77.7 cm³/mol. The molecule has 1 amide bonds. The number of hydrogen-bond donors (Lipinski definition) is 1. The molecule has 8 heteroatoms. The molecule has 0 aliphatic heterocycles. The number of aryl methyl sites for hydroxylation is 1. The van der Waals surface area contributed by atoms with Crippen molar-refractivity contribution in [2.45, 2.75) is 32.4 Å². The summed E-state index contributed by atoms with van der Waals surface area (Å²) in [6, 6.07) is 4.52. The molecule has 0 aliphatic carbocycles. The minimum atomic E-state index is -4.37. The smallest absolute Gasteiger partial charge is 0.300 e. The van der Waals surface area contributed by atoms with Gasteiger partial charge in [-0.3, -0.25) is 4.79 Å². The molecule has 2 rings (SSSR count). The highest BCUT2D eigenvalue weighted by atomic mass is 32.1. The van der Waals surface area contributed by atoms with E-state index in [9.17, 15) is 18.0 Å². The van der Waals surface area contributed by atoms with Crippen LogP contribution in [-0.2, 0) is 23.8 Å². The first-order chi connectivity index (χ1) is 10.4. The molecule has 0 unspecified atom stereocenters. The van der Waals surface area contributed by atoms with Crippen molar-refractivity contribution in [2.24, 2.45) is 0 Å². The molecule has 0 atom stereocenters. The van der Waals surface area contributed by atoms with Gasteiger partial charge in [-0.25, -0.2) is 0 Å². The van der Waals surface area contributed by atoms with Crippen LogP contribution in [0.1, 0.15) is 29.5 Å². The molecule has 0 spiro atoms. The lowest BCUT2D eigenvalue weighted by atomic mass is 10.1. The number of hydrogen-bond acceptors (Lipinski definition) is 4. The van der Waals surface area contributed by atoms with Crippen LogP contribution in [0.5, 0.6) is 0 Å². The van der Waals surface area contributed by atoms with Crippen molar-refractivity contribution in [1.29, 1.82) is 0 Å². The van der Waals surface area contributed by atoms with Gasteiger partial charge in [-0.1, -0.05) is 30.4 Å². The highest BCUT2D eigenvalue weighted by Gasteiger charge is 2.29. The number of nitrogens with one attached hydrogen (secondary N) is 1. The van der Waals surface area contributed by atoms with Crippen molar-refractivity contribution in [3.63, 3.8) is 0 Å². The van der Waals surface area contributed by atoms with Crippen LogP contribution in [0.25, 0.3) is 0 Å². The van der Waals surface area contributed by atoms with Gasteiger partial charge in [0, 0.05) is 6.42 Å². The van der Waals surface area contributed by atoms with Crippen LogP contribution in [-0.4, -0.2) is 16.1 Å². The van der Waals surface area contributed by atoms with E-state index in [0.29, 0.717) is 10.7 Å². The molecule has 1 N–H and O–H groups in total. The Morgan fingerprint density at radius 2 is 1.91 bits per heavy atom. The summed E-state index contributed by atoms with van der Waals surface area (Å²) in [5, 5.41) is 11.6. The van der Waals surface area contributed by atoms with Crippen molar-refractivity contribution in [3.05, 3.63) is 40.4 Å². The van der Waals surface area contributed by atoms with E-state index >= 15 is 0 Å². The molecule has 4 nitrogen and oxygen atoms in total. The summed E-state index contributed by atoms with van der Waals surface area (Å²) in [6.45, 7) is 2.02. The van der Waals surface area contributed by atoms with Gasteiger partial charge in [0.1, 0.15) is 5.01 Å². The predicted octanol–water partition coefficient (Wildman–Crippen LogP) is 3.69. The van der Waals surface area contributed by atoms with Crippen LogP contribution in [0.15, 0.2) is 24.3 Å². The average molecular weight is 329 g/mol. The normalized spacial score (nSPS) is 11.5. The maximum atomic E-state index is 12.4. The van der Waals surface area contributed by atoms with E-state index in [1.165, 1.54) is 23.5 Å². The zero-order valence-electron chi connectivity index (χ0n) is 11.8. The molecular formula is C14H14F3N3OS. The monoisotopic (exact) mass is 329 g/mol. The molecule has 0 radical (unpaired) electrons. The van der Waals surface area contributed by atoms with E-state index in [1.54, 1.807) is 0 Å². The van der Waals surface area contributed by atoms with Gasteiger partial charge in [-0.15, -0.1) is 10.2 Å². The minimum absolute atomic E-state index is 0.0131. The second kappa shape index (κ2) is 6.87. The quantitative estimate of drug-likeness (QED) is 0.910. The van der Waals surface area contributed by atoms with E-state index in [4.69, 9.17) is 0 Å². The zero-order chi connectivity index (χ0) is 16.2. The molecular weight excluding hydrogens is 315 g/mol. The molecule has 0 fully saturated rings. The van der Waals surface area contributed by atoms with Crippen LogP contribution < -0.4 is 5.32 Å². The largest absolute Gasteiger partial charge is 0.416 e. The lowest BCUT2D eigenvalue weighted by Gasteiger charge is -2.07.